The first-order valence-electron chi connectivity index (χ1n) is 8.33. The average molecular weight is 277 g/mol. The third-order valence-electron chi connectivity index (χ3n) is 5.28. The summed E-state index contributed by atoms with van der Waals surface area (Å²) in [6.45, 7) is 0. The minimum Gasteiger partial charge on any atom is -0.339 e. The van der Waals surface area contributed by atoms with Gasteiger partial charge in [0.2, 0.25) is 5.89 Å². The lowest BCUT2D eigenvalue weighted by Crippen LogP contribution is -2.46. The van der Waals surface area contributed by atoms with Gasteiger partial charge in [-0.15, -0.1) is 0 Å². The van der Waals surface area contributed by atoms with Gasteiger partial charge in [-0.1, -0.05) is 43.7 Å². The van der Waals surface area contributed by atoms with E-state index >= 15 is 0 Å². The molecule has 4 nitrogen and oxygen atoms in total. The van der Waals surface area contributed by atoms with E-state index in [0.29, 0.717) is 5.92 Å². The van der Waals surface area contributed by atoms with Crippen LogP contribution in [0.5, 0.6) is 0 Å². The molecule has 2 aliphatic rings. The Kier molecular flexibility index (Phi) is 4.39. The summed E-state index contributed by atoms with van der Waals surface area (Å²) in [7, 11) is 2.07. The highest BCUT2D eigenvalue weighted by molar-refractivity contribution is 5.02. The van der Waals surface area contributed by atoms with E-state index in [1.807, 2.05) is 0 Å². The molecule has 1 heterocycles. The Bertz CT molecular complexity index is 417. The molecule has 3 rings (SSSR count). The molecule has 0 amide bonds. The first-order valence-corrected chi connectivity index (χ1v) is 8.33. The van der Waals surface area contributed by atoms with Crippen LogP contribution in [0.25, 0.3) is 0 Å². The topological polar surface area (TPSA) is 51.0 Å². The molecule has 112 valence electrons. The van der Waals surface area contributed by atoms with Crippen LogP contribution >= 0.6 is 0 Å². The number of nitrogens with zero attached hydrogens (tertiary/aromatic N) is 2. The molecule has 0 aromatic carbocycles. The van der Waals surface area contributed by atoms with Gasteiger partial charge in [0.1, 0.15) is 0 Å². The number of likely N-dealkylation sites (N-methyl/N-ethyl adjacent to an activating group) is 1. The number of hydrogen-bond acceptors (Lipinski definition) is 4. The first kappa shape index (κ1) is 14.1. The highest BCUT2D eigenvalue weighted by Crippen LogP contribution is 2.33. The number of aromatic nitrogens is 2. The second-order valence-electron chi connectivity index (χ2n) is 6.65. The van der Waals surface area contributed by atoms with E-state index in [-0.39, 0.29) is 5.54 Å². The van der Waals surface area contributed by atoms with Gasteiger partial charge in [-0.25, -0.2) is 0 Å². The lowest BCUT2D eigenvalue weighted by molar-refractivity contribution is 0.220. The average Bonchev–Trinajstić information content (AvgIpc) is 2.97. The first-order chi connectivity index (χ1) is 9.81. The molecule has 4 heteroatoms. The van der Waals surface area contributed by atoms with Crippen molar-refractivity contribution in [1.29, 1.82) is 0 Å². The van der Waals surface area contributed by atoms with Gasteiger partial charge in [0.05, 0.1) is 0 Å². The van der Waals surface area contributed by atoms with Crippen molar-refractivity contribution in [2.45, 2.75) is 82.1 Å². The Balaban J connectivity index is 1.66. The fraction of sp³-hybridized carbons (Fsp3) is 0.875. The normalized spacial score (nSPS) is 23.9. The molecule has 0 saturated heterocycles. The number of nitrogens with one attached hydrogen (secondary N) is 1. The van der Waals surface area contributed by atoms with Crippen molar-refractivity contribution in [3.63, 3.8) is 0 Å². The number of hydrogen-bond donors (Lipinski definition) is 1. The summed E-state index contributed by atoms with van der Waals surface area (Å²) < 4.78 is 5.55. The summed E-state index contributed by atoms with van der Waals surface area (Å²) >= 11 is 0. The van der Waals surface area contributed by atoms with Crippen molar-refractivity contribution >= 4 is 0 Å². The summed E-state index contributed by atoms with van der Waals surface area (Å²) in [4.78, 5) is 4.70. The summed E-state index contributed by atoms with van der Waals surface area (Å²) in [6.07, 6.45) is 13.8. The van der Waals surface area contributed by atoms with Crippen LogP contribution in [0, 0.1) is 0 Å². The van der Waals surface area contributed by atoms with Gasteiger partial charge in [0.15, 0.2) is 5.82 Å². The zero-order valence-electron chi connectivity index (χ0n) is 12.7. The Hall–Kier alpha value is -0.900. The van der Waals surface area contributed by atoms with E-state index in [1.54, 1.807) is 0 Å². The molecule has 20 heavy (non-hydrogen) atoms. The maximum Gasteiger partial charge on any atom is 0.228 e. The fourth-order valence-corrected chi connectivity index (χ4v) is 3.90. The van der Waals surface area contributed by atoms with Crippen LogP contribution in [0.2, 0.25) is 0 Å². The van der Waals surface area contributed by atoms with E-state index in [9.17, 15) is 0 Å². The predicted octanol–water partition coefficient (Wildman–Crippen LogP) is 3.58. The second kappa shape index (κ2) is 6.25. The standard InChI is InChI=1S/C16H27N3O/c1-17-16(10-6-3-7-11-16)12-14-18-15(19-20-14)13-8-4-2-5-9-13/h13,17H,2-12H2,1H3. The van der Waals surface area contributed by atoms with E-state index < -0.39 is 0 Å². The number of rotatable bonds is 4. The Morgan fingerprint density at radius 2 is 1.80 bits per heavy atom. The van der Waals surface area contributed by atoms with Gasteiger partial charge in [0.25, 0.3) is 0 Å². The lowest BCUT2D eigenvalue weighted by Gasteiger charge is -2.36. The molecule has 1 aromatic heterocycles. The SMILES string of the molecule is CNC1(Cc2nc(C3CCCCC3)no2)CCCCC1. The molecule has 2 saturated carbocycles. The maximum absolute atomic E-state index is 5.55. The van der Waals surface area contributed by atoms with Crippen molar-refractivity contribution in [2.75, 3.05) is 7.05 Å². The fourth-order valence-electron chi connectivity index (χ4n) is 3.90. The summed E-state index contributed by atoms with van der Waals surface area (Å²) in [6, 6.07) is 0. The molecule has 1 aromatic rings. The van der Waals surface area contributed by atoms with E-state index in [0.717, 1.165) is 18.1 Å². The van der Waals surface area contributed by atoms with Crippen molar-refractivity contribution in [1.82, 2.24) is 15.5 Å². The van der Waals surface area contributed by atoms with Crippen molar-refractivity contribution in [2.24, 2.45) is 0 Å². The molecule has 0 unspecified atom stereocenters. The molecule has 1 N–H and O–H groups in total. The van der Waals surface area contributed by atoms with Crippen LogP contribution in [0.1, 0.15) is 81.8 Å². The lowest BCUT2D eigenvalue weighted by atomic mass is 9.79. The third-order valence-corrected chi connectivity index (χ3v) is 5.28. The van der Waals surface area contributed by atoms with Gasteiger partial charge in [-0.2, -0.15) is 4.98 Å². The predicted molar refractivity (Wildman–Crippen MR) is 78.7 cm³/mol. The third kappa shape index (κ3) is 3.05. The van der Waals surface area contributed by atoms with Crippen LogP contribution in [-0.2, 0) is 6.42 Å². The molecule has 0 radical (unpaired) electrons. The van der Waals surface area contributed by atoms with Crippen LogP contribution < -0.4 is 5.32 Å². The van der Waals surface area contributed by atoms with Gasteiger partial charge in [-0.05, 0) is 32.7 Å². The molecule has 2 fully saturated rings. The zero-order valence-corrected chi connectivity index (χ0v) is 12.7. The van der Waals surface area contributed by atoms with Crippen LogP contribution in [-0.4, -0.2) is 22.7 Å². The molecule has 2 aliphatic carbocycles. The van der Waals surface area contributed by atoms with Gasteiger partial charge in [-0.3, -0.25) is 0 Å². The van der Waals surface area contributed by atoms with Crippen LogP contribution in [0.15, 0.2) is 4.52 Å². The summed E-state index contributed by atoms with van der Waals surface area (Å²) in [5.74, 6) is 2.33. The summed E-state index contributed by atoms with van der Waals surface area (Å²) in [5, 5.41) is 7.78. The van der Waals surface area contributed by atoms with E-state index in [4.69, 9.17) is 9.51 Å². The van der Waals surface area contributed by atoms with Crippen molar-refractivity contribution in [3.05, 3.63) is 11.7 Å². The Morgan fingerprint density at radius 1 is 1.10 bits per heavy atom. The highest BCUT2D eigenvalue weighted by Gasteiger charge is 2.33. The molecule has 0 aliphatic heterocycles. The quantitative estimate of drug-likeness (QED) is 0.914. The van der Waals surface area contributed by atoms with E-state index in [1.165, 1.54) is 64.2 Å². The maximum atomic E-state index is 5.55. The van der Waals surface area contributed by atoms with Gasteiger partial charge in [0, 0.05) is 17.9 Å². The second-order valence-corrected chi connectivity index (χ2v) is 6.65. The van der Waals surface area contributed by atoms with Crippen LogP contribution in [0.3, 0.4) is 0 Å². The van der Waals surface area contributed by atoms with Crippen molar-refractivity contribution < 1.29 is 4.52 Å². The highest BCUT2D eigenvalue weighted by atomic mass is 16.5. The Morgan fingerprint density at radius 3 is 2.50 bits per heavy atom. The zero-order chi connectivity index (χ0) is 13.8. The minimum atomic E-state index is 0.189. The van der Waals surface area contributed by atoms with Crippen molar-refractivity contribution in [3.8, 4) is 0 Å². The molecular formula is C16H27N3O. The van der Waals surface area contributed by atoms with Gasteiger partial charge < -0.3 is 9.84 Å². The Labute approximate surface area is 121 Å². The van der Waals surface area contributed by atoms with Crippen LogP contribution in [0.4, 0.5) is 0 Å². The monoisotopic (exact) mass is 277 g/mol. The largest absolute Gasteiger partial charge is 0.339 e. The molecule has 0 bridgehead atoms. The van der Waals surface area contributed by atoms with Gasteiger partial charge >= 0.3 is 0 Å². The molecule has 0 spiro atoms. The van der Waals surface area contributed by atoms with E-state index in [2.05, 4.69) is 17.5 Å². The molecular weight excluding hydrogens is 250 g/mol. The summed E-state index contributed by atoms with van der Waals surface area (Å²) in [5.41, 5.74) is 0.189. The minimum absolute atomic E-state index is 0.189. The smallest absolute Gasteiger partial charge is 0.228 e. The molecule has 0 atom stereocenters.